The van der Waals surface area contributed by atoms with Crippen molar-refractivity contribution in [2.75, 3.05) is 7.05 Å². The minimum absolute atomic E-state index is 0.101. The largest absolute Gasteiger partial charge is 0.459 e. The summed E-state index contributed by atoms with van der Waals surface area (Å²) in [7, 11) is 1.77. The van der Waals surface area contributed by atoms with Gasteiger partial charge in [0.05, 0.1) is 6.26 Å². The number of carbonyl (C=O) groups is 1. The molecule has 0 aliphatic carbocycles. The van der Waals surface area contributed by atoms with Crippen molar-refractivity contribution in [3.63, 3.8) is 0 Å². The van der Waals surface area contributed by atoms with Crippen LogP contribution in [0.5, 0.6) is 0 Å². The van der Waals surface area contributed by atoms with Gasteiger partial charge in [0.25, 0.3) is 5.91 Å². The number of carbonyl (C=O) groups excluding carboxylic acids is 1. The van der Waals surface area contributed by atoms with E-state index in [1.165, 1.54) is 11.8 Å². The predicted molar refractivity (Wildman–Crippen MR) is 65.7 cm³/mol. The first-order valence-corrected chi connectivity index (χ1v) is 5.51. The predicted octanol–water partition coefficient (Wildman–Crippen LogP) is 2.86. The second-order valence-corrected chi connectivity index (χ2v) is 4.12. The van der Waals surface area contributed by atoms with Crippen LogP contribution in [0.15, 0.2) is 47.1 Å². The molecule has 1 heterocycles. The highest BCUT2D eigenvalue weighted by atomic mass is 16.3. The molecule has 3 nitrogen and oxygen atoms in total. The molecular weight excluding hydrogens is 214 g/mol. The number of nitrogens with zero attached hydrogens (tertiary/aromatic N) is 1. The van der Waals surface area contributed by atoms with Gasteiger partial charge in [-0.1, -0.05) is 29.8 Å². The highest BCUT2D eigenvalue weighted by molar-refractivity contribution is 5.91. The number of aryl methyl sites for hydroxylation is 1. The zero-order chi connectivity index (χ0) is 12.3. The van der Waals surface area contributed by atoms with E-state index in [9.17, 15) is 4.79 Å². The van der Waals surface area contributed by atoms with Crippen LogP contribution in [0.2, 0.25) is 0 Å². The van der Waals surface area contributed by atoms with E-state index >= 15 is 0 Å². The minimum atomic E-state index is -0.101. The van der Waals surface area contributed by atoms with Gasteiger partial charge in [-0.2, -0.15) is 0 Å². The van der Waals surface area contributed by atoms with Crippen LogP contribution in [0.25, 0.3) is 0 Å². The molecule has 2 rings (SSSR count). The van der Waals surface area contributed by atoms with Crippen molar-refractivity contribution in [3.8, 4) is 0 Å². The molecule has 17 heavy (non-hydrogen) atoms. The average molecular weight is 229 g/mol. The van der Waals surface area contributed by atoms with Gasteiger partial charge < -0.3 is 9.32 Å². The summed E-state index contributed by atoms with van der Waals surface area (Å²) in [5.41, 5.74) is 2.33. The maximum atomic E-state index is 11.9. The zero-order valence-electron chi connectivity index (χ0n) is 10.0. The molecule has 0 radical (unpaired) electrons. The van der Waals surface area contributed by atoms with Crippen LogP contribution < -0.4 is 0 Å². The number of benzene rings is 1. The minimum Gasteiger partial charge on any atom is -0.459 e. The third kappa shape index (κ3) is 2.75. The maximum absolute atomic E-state index is 11.9. The highest BCUT2D eigenvalue weighted by Crippen LogP contribution is 2.09. The first kappa shape index (κ1) is 11.5. The van der Waals surface area contributed by atoms with Crippen molar-refractivity contribution >= 4 is 5.91 Å². The summed E-state index contributed by atoms with van der Waals surface area (Å²) in [4.78, 5) is 13.6. The number of furan rings is 1. The normalized spacial score (nSPS) is 10.2. The lowest BCUT2D eigenvalue weighted by atomic mass is 10.1. The molecule has 3 heteroatoms. The van der Waals surface area contributed by atoms with E-state index in [2.05, 4.69) is 0 Å². The van der Waals surface area contributed by atoms with Crippen LogP contribution in [0.4, 0.5) is 0 Å². The van der Waals surface area contributed by atoms with Crippen molar-refractivity contribution < 1.29 is 9.21 Å². The quantitative estimate of drug-likeness (QED) is 0.810. The van der Waals surface area contributed by atoms with Crippen molar-refractivity contribution in [3.05, 3.63) is 59.5 Å². The molecular formula is C14H15NO2. The van der Waals surface area contributed by atoms with Crippen molar-refractivity contribution in [1.82, 2.24) is 4.90 Å². The maximum Gasteiger partial charge on any atom is 0.289 e. The van der Waals surface area contributed by atoms with Gasteiger partial charge in [0.2, 0.25) is 0 Å². The van der Waals surface area contributed by atoms with Gasteiger partial charge in [0.15, 0.2) is 5.76 Å². The fraction of sp³-hybridized carbons (Fsp3) is 0.214. The fourth-order valence-corrected chi connectivity index (χ4v) is 1.63. The van der Waals surface area contributed by atoms with Crippen LogP contribution in [-0.4, -0.2) is 17.9 Å². The third-order valence-electron chi connectivity index (χ3n) is 2.62. The zero-order valence-corrected chi connectivity index (χ0v) is 10.0. The molecule has 0 bridgehead atoms. The Labute approximate surface area is 101 Å². The molecule has 0 fully saturated rings. The Hall–Kier alpha value is -2.03. The van der Waals surface area contributed by atoms with Crippen LogP contribution in [0, 0.1) is 6.92 Å². The Bertz CT molecular complexity index is 485. The third-order valence-corrected chi connectivity index (χ3v) is 2.62. The molecule has 0 saturated carbocycles. The van der Waals surface area contributed by atoms with Gasteiger partial charge in [-0.05, 0) is 24.6 Å². The Morgan fingerprint density at radius 3 is 2.53 bits per heavy atom. The second kappa shape index (κ2) is 4.87. The summed E-state index contributed by atoms with van der Waals surface area (Å²) in [5.74, 6) is 0.273. The Balaban J connectivity index is 2.04. The summed E-state index contributed by atoms with van der Waals surface area (Å²) in [6, 6.07) is 11.5. The first-order valence-electron chi connectivity index (χ1n) is 5.51. The number of amides is 1. The smallest absolute Gasteiger partial charge is 0.289 e. The van der Waals surface area contributed by atoms with Gasteiger partial charge in [-0.3, -0.25) is 4.79 Å². The van der Waals surface area contributed by atoms with Gasteiger partial charge >= 0.3 is 0 Å². The lowest BCUT2D eigenvalue weighted by Gasteiger charge is -2.15. The number of hydrogen-bond acceptors (Lipinski definition) is 2. The van der Waals surface area contributed by atoms with E-state index in [1.54, 1.807) is 24.1 Å². The van der Waals surface area contributed by atoms with E-state index in [1.807, 2.05) is 31.2 Å². The lowest BCUT2D eigenvalue weighted by molar-refractivity contribution is 0.0753. The molecule has 0 N–H and O–H groups in total. The summed E-state index contributed by atoms with van der Waals surface area (Å²) in [5, 5.41) is 0. The van der Waals surface area contributed by atoms with E-state index in [-0.39, 0.29) is 5.91 Å². The van der Waals surface area contributed by atoms with Crippen LogP contribution >= 0.6 is 0 Å². The molecule has 1 aromatic carbocycles. The molecule has 0 aliphatic rings. The monoisotopic (exact) mass is 229 g/mol. The second-order valence-electron chi connectivity index (χ2n) is 4.12. The van der Waals surface area contributed by atoms with E-state index < -0.39 is 0 Å². The molecule has 0 spiro atoms. The molecule has 1 amide bonds. The molecule has 0 unspecified atom stereocenters. The van der Waals surface area contributed by atoms with Crippen LogP contribution in [-0.2, 0) is 6.54 Å². The fourth-order valence-electron chi connectivity index (χ4n) is 1.63. The van der Waals surface area contributed by atoms with Crippen LogP contribution in [0.3, 0.4) is 0 Å². The van der Waals surface area contributed by atoms with Gasteiger partial charge in [0, 0.05) is 13.6 Å². The SMILES string of the molecule is Cc1ccc(CN(C)C(=O)c2ccco2)cc1. The van der Waals surface area contributed by atoms with Crippen LogP contribution in [0.1, 0.15) is 21.7 Å². The first-order chi connectivity index (χ1) is 8.16. The van der Waals surface area contributed by atoms with E-state index in [4.69, 9.17) is 4.42 Å². The van der Waals surface area contributed by atoms with E-state index in [0.29, 0.717) is 12.3 Å². The summed E-state index contributed by atoms with van der Waals surface area (Å²) >= 11 is 0. The molecule has 88 valence electrons. The average Bonchev–Trinajstić information content (AvgIpc) is 2.84. The molecule has 2 aromatic rings. The number of rotatable bonds is 3. The Morgan fingerprint density at radius 1 is 1.24 bits per heavy atom. The van der Waals surface area contributed by atoms with Gasteiger partial charge in [0.1, 0.15) is 0 Å². The Morgan fingerprint density at radius 2 is 1.94 bits per heavy atom. The molecule has 1 aromatic heterocycles. The standard InChI is InChI=1S/C14H15NO2/c1-11-5-7-12(8-6-11)10-15(2)14(16)13-4-3-9-17-13/h3-9H,10H2,1-2H3. The highest BCUT2D eigenvalue weighted by Gasteiger charge is 2.14. The van der Waals surface area contributed by atoms with Crippen molar-refractivity contribution in [2.45, 2.75) is 13.5 Å². The lowest BCUT2D eigenvalue weighted by Crippen LogP contribution is -2.25. The molecule has 0 saturated heterocycles. The summed E-state index contributed by atoms with van der Waals surface area (Å²) in [6.07, 6.45) is 1.51. The topological polar surface area (TPSA) is 33.5 Å². The van der Waals surface area contributed by atoms with Crippen molar-refractivity contribution in [2.24, 2.45) is 0 Å². The van der Waals surface area contributed by atoms with Gasteiger partial charge in [-0.25, -0.2) is 0 Å². The van der Waals surface area contributed by atoms with Crippen molar-refractivity contribution in [1.29, 1.82) is 0 Å². The summed E-state index contributed by atoms with van der Waals surface area (Å²) < 4.78 is 5.08. The molecule has 0 aliphatic heterocycles. The molecule has 0 atom stereocenters. The number of hydrogen-bond donors (Lipinski definition) is 0. The summed E-state index contributed by atoms with van der Waals surface area (Å²) in [6.45, 7) is 2.63. The van der Waals surface area contributed by atoms with Gasteiger partial charge in [-0.15, -0.1) is 0 Å². The van der Waals surface area contributed by atoms with E-state index in [0.717, 1.165) is 5.56 Å². The Kier molecular flexibility index (Phi) is 3.28.